The molecule has 0 bridgehead atoms. The molecule has 3 unspecified atom stereocenters. The van der Waals surface area contributed by atoms with E-state index in [0.29, 0.717) is 25.0 Å². The summed E-state index contributed by atoms with van der Waals surface area (Å²) in [5.41, 5.74) is 0. The van der Waals surface area contributed by atoms with Crippen molar-refractivity contribution < 1.29 is 14.6 Å². The smallest absolute Gasteiger partial charge is 0.163 e. The fourth-order valence-corrected chi connectivity index (χ4v) is 1.86. The molecule has 0 spiro atoms. The van der Waals surface area contributed by atoms with Crippen LogP contribution < -0.4 is 0 Å². The Labute approximate surface area is 72.7 Å². The molecule has 12 heavy (non-hydrogen) atoms. The van der Waals surface area contributed by atoms with Gasteiger partial charge >= 0.3 is 0 Å². The molecular weight excluding hydrogens is 156 g/mol. The molecule has 1 aliphatic carbocycles. The molecule has 2 fully saturated rings. The first-order valence-electron chi connectivity index (χ1n) is 4.55. The standard InChI is InChI=1S/C9H16O3/c1-9(2)11-5-8(12-9)7-3-6(7)4-10/h6-8,10H,3-5H2,1-2H3. The molecule has 1 saturated carbocycles. The van der Waals surface area contributed by atoms with Crippen LogP contribution in [0.2, 0.25) is 0 Å². The van der Waals surface area contributed by atoms with Gasteiger partial charge in [-0.25, -0.2) is 0 Å². The third kappa shape index (κ3) is 1.49. The largest absolute Gasteiger partial charge is 0.396 e. The number of hydrogen-bond acceptors (Lipinski definition) is 3. The van der Waals surface area contributed by atoms with Crippen molar-refractivity contribution in [1.29, 1.82) is 0 Å². The summed E-state index contributed by atoms with van der Waals surface area (Å²) in [5, 5.41) is 8.87. The monoisotopic (exact) mass is 172 g/mol. The summed E-state index contributed by atoms with van der Waals surface area (Å²) >= 11 is 0. The lowest BCUT2D eigenvalue weighted by molar-refractivity contribution is -0.141. The van der Waals surface area contributed by atoms with Crippen LogP contribution >= 0.6 is 0 Å². The maximum absolute atomic E-state index is 8.87. The van der Waals surface area contributed by atoms with Gasteiger partial charge in [-0.3, -0.25) is 0 Å². The van der Waals surface area contributed by atoms with Crippen LogP contribution in [-0.2, 0) is 9.47 Å². The highest BCUT2D eigenvalue weighted by molar-refractivity contribution is 4.94. The quantitative estimate of drug-likeness (QED) is 0.668. The van der Waals surface area contributed by atoms with Gasteiger partial charge in [-0.1, -0.05) is 0 Å². The minimum absolute atomic E-state index is 0.220. The summed E-state index contributed by atoms with van der Waals surface area (Å²) in [4.78, 5) is 0. The predicted molar refractivity (Wildman–Crippen MR) is 43.6 cm³/mol. The third-order valence-electron chi connectivity index (χ3n) is 2.72. The van der Waals surface area contributed by atoms with E-state index in [4.69, 9.17) is 14.6 Å². The van der Waals surface area contributed by atoms with Crippen molar-refractivity contribution in [3.63, 3.8) is 0 Å². The molecule has 0 aromatic rings. The van der Waals surface area contributed by atoms with Crippen LogP contribution in [0, 0.1) is 11.8 Å². The molecule has 1 saturated heterocycles. The molecule has 70 valence electrons. The highest BCUT2D eigenvalue weighted by Gasteiger charge is 2.48. The van der Waals surface area contributed by atoms with E-state index < -0.39 is 5.79 Å². The van der Waals surface area contributed by atoms with Crippen LogP contribution in [0.1, 0.15) is 20.3 Å². The number of aliphatic hydroxyl groups excluding tert-OH is 1. The second kappa shape index (κ2) is 2.69. The maximum Gasteiger partial charge on any atom is 0.163 e. The van der Waals surface area contributed by atoms with Crippen molar-refractivity contribution in [2.75, 3.05) is 13.2 Å². The fourth-order valence-electron chi connectivity index (χ4n) is 1.86. The van der Waals surface area contributed by atoms with Crippen molar-refractivity contribution in [2.45, 2.75) is 32.2 Å². The van der Waals surface area contributed by atoms with E-state index in [0.717, 1.165) is 6.42 Å². The molecule has 1 aliphatic heterocycles. The molecule has 2 aliphatic rings. The third-order valence-corrected chi connectivity index (χ3v) is 2.72. The molecule has 0 aromatic heterocycles. The molecule has 3 atom stereocenters. The van der Waals surface area contributed by atoms with Crippen LogP contribution in [0.3, 0.4) is 0 Å². The van der Waals surface area contributed by atoms with Crippen LogP contribution in [0.15, 0.2) is 0 Å². The first kappa shape index (κ1) is 8.48. The van der Waals surface area contributed by atoms with Gasteiger partial charge in [0, 0.05) is 6.61 Å². The number of hydrogen-bond donors (Lipinski definition) is 1. The zero-order chi connectivity index (χ0) is 8.77. The second-order valence-corrected chi connectivity index (χ2v) is 4.21. The minimum atomic E-state index is -0.409. The molecule has 3 nitrogen and oxygen atoms in total. The second-order valence-electron chi connectivity index (χ2n) is 4.21. The molecular formula is C9H16O3. The van der Waals surface area contributed by atoms with Gasteiger partial charge in [0.15, 0.2) is 5.79 Å². The van der Waals surface area contributed by atoms with Gasteiger partial charge in [0.2, 0.25) is 0 Å². The Balaban J connectivity index is 1.85. The van der Waals surface area contributed by atoms with Gasteiger partial charge < -0.3 is 14.6 Å². The van der Waals surface area contributed by atoms with Crippen LogP contribution in [0.4, 0.5) is 0 Å². The van der Waals surface area contributed by atoms with Crippen molar-refractivity contribution in [1.82, 2.24) is 0 Å². The highest BCUT2D eigenvalue weighted by Crippen LogP contribution is 2.45. The molecule has 0 radical (unpaired) electrons. The van der Waals surface area contributed by atoms with E-state index in [-0.39, 0.29) is 6.10 Å². The van der Waals surface area contributed by atoms with E-state index in [1.165, 1.54) is 0 Å². The SMILES string of the molecule is CC1(C)OCC(C2CC2CO)O1. The van der Waals surface area contributed by atoms with E-state index >= 15 is 0 Å². The predicted octanol–water partition coefficient (Wildman–Crippen LogP) is 0.766. The average Bonchev–Trinajstić information content (AvgIpc) is 2.70. The van der Waals surface area contributed by atoms with Gasteiger partial charge in [0.05, 0.1) is 12.7 Å². The summed E-state index contributed by atoms with van der Waals surface area (Å²) in [6.07, 6.45) is 1.32. The summed E-state index contributed by atoms with van der Waals surface area (Å²) < 4.78 is 11.1. The van der Waals surface area contributed by atoms with Gasteiger partial charge in [-0.2, -0.15) is 0 Å². The van der Waals surface area contributed by atoms with Crippen molar-refractivity contribution in [2.24, 2.45) is 11.8 Å². The van der Waals surface area contributed by atoms with Gasteiger partial charge in [-0.15, -0.1) is 0 Å². The fraction of sp³-hybridized carbons (Fsp3) is 1.00. The van der Waals surface area contributed by atoms with E-state index in [1.807, 2.05) is 13.8 Å². The van der Waals surface area contributed by atoms with E-state index in [9.17, 15) is 0 Å². The van der Waals surface area contributed by atoms with Crippen molar-refractivity contribution in [3.8, 4) is 0 Å². The first-order valence-corrected chi connectivity index (χ1v) is 4.55. The number of ether oxygens (including phenoxy) is 2. The van der Waals surface area contributed by atoms with Gasteiger partial charge in [-0.05, 0) is 32.1 Å². The lowest BCUT2D eigenvalue weighted by atomic mass is 10.2. The van der Waals surface area contributed by atoms with Crippen molar-refractivity contribution in [3.05, 3.63) is 0 Å². The lowest BCUT2D eigenvalue weighted by Crippen LogP contribution is -2.22. The minimum Gasteiger partial charge on any atom is -0.396 e. The Kier molecular flexibility index (Phi) is 1.90. The summed E-state index contributed by atoms with van der Waals surface area (Å²) in [6.45, 7) is 4.85. The molecule has 1 N–H and O–H groups in total. The number of rotatable bonds is 2. The van der Waals surface area contributed by atoms with Crippen LogP contribution in [-0.4, -0.2) is 30.2 Å². The Morgan fingerprint density at radius 3 is 2.67 bits per heavy atom. The molecule has 3 heteroatoms. The lowest BCUT2D eigenvalue weighted by Gasteiger charge is -2.16. The Morgan fingerprint density at radius 2 is 2.25 bits per heavy atom. The van der Waals surface area contributed by atoms with Gasteiger partial charge in [0.1, 0.15) is 0 Å². The Hall–Kier alpha value is -0.120. The summed E-state index contributed by atoms with van der Waals surface area (Å²) in [6, 6.07) is 0. The molecule has 0 amide bonds. The van der Waals surface area contributed by atoms with Crippen LogP contribution in [0.25, 0.3) is 0 Å². The zero-order valence-electron chi connectivity index (χ0n) is 7.62. The Morgan fingerprint density at radius 1 is 1.50 bits per heavy atom. The molecule has 2 rings (SSSR count). The van der Waals surface area contributed by atoms with Crippen LogP contribution in [0.5, 0.6) is 0 Å². The van der Waals surface area contributed by atoms with Gasteiger partial charge in [0.25, 0.3) is 0 Å². The first-order chi connectivity index (χ1) is 5.62. The van der Waals surface area contributed by atoms with E-state index in [2.05, 4.69) is 0 Å². The molecule has 0 aromatic carbocycles. The van der Waals surface area contributed by atoms with E-state index in [1.54, 1.807) is 0 Å². The average molecular weight is 172 g/mol. The summed E-state index contributed by atoms with van der Waals surface area (Å²) in [7, 11) is 0. The van der Waals surface area contributed by atoms with Crippen molar-refractivity contribution >= 4 is 0 Å². The molecule has 1 heterocycles. The summed E-state index contributed by atoms with van der Waals surface area (Å²) in [5.74, 6) is 0.594. The number of aliphatic hydroxyl groups is 1. The highest BCUT2D eigenvalue weighted by atomic mass is 16.7. The Bertz CT molecular complexity index is 179. The normalized spacial score (nSPS) is 44.8. The maximum atomic E-state index is 8.87. The zero-order valence-corrected chi connectivity index (χ0v) is 7.62. The topological polar surface area (TPSA) is 38.7 Å².